The first kappa shape index (κ1) is 16.9. The summed E-state index contributed by atoms with van der Waals surface area (Å²) in [6.07, 6.45) is 0.155. The van der Waals surface area contributed by atoms with Crippen LogP contribution in [0.2, 0.25) is 5.02 Å². The molecule has 4 N–H and O–H groups in total. The zero-order chi connectivity index (χ0) is 16.8. The normalized spacial score (nSPS) is 10.2. The summed E-state index contributed by atoms with van der Waals surface area (Å²) in [6.45, 7) is 0.215. The van der Waals surface area contributed by atoms with Crippen molar-refractivity contribution in [1.29, 1.82) is 0 Å². The average Bonchev–Trinajstić information content (AvgIpc) is 2.51. The van der Waals surface area contributed by atoms with Crippen molar-refractivity contribution in [2.75, 3.05) is 17.2 Å². The molecule has 0 saturated carbocycles. The second kappa shape index (κ2) is 7.71. The number of amides is 2. The maximum absolute atomic E-state index is 13.6. The molecular weight excluding hydrogens is 321 g/mol. The van der Waals surface area contributed by atoms with Gasteiger partial charge >= 0.3 is 0 Å². The van der Waals surface area contributed by atoms with E-state index in [-0.39, 0.29) is 24.4 Å². The summed E-state index contributed by atoms with van der Waals surface area (Å²) in [7, 11) is 0. The van der Waals surface area contributed by atoms with Gasteiger partial charge in [0.15, 0.2) is 0 Å². The molecule has 0 radical (unpaired) electrons. The molecule has 0 heterocycles. The molecule has 23 heavy (non-hydrogen) atoms. The predicted octanol–water partition coefficient (Wildman–Crippen LogP) is 3.02. The Morgan fingerprint density at radius 2 is 1.87 bits per heavy atom. The molecule has 120 valence electrons. The van der Waals surface area contributed by atoms with Crippen LogP contribution in [-0.2, 0) is 4.79 Å². The number of anilines is 2. The van der Waals surface area contributed by atoms with Crippen molar-refractivity contribution in [2.45, 2.75) is 6.42 Å². The van der Waals surface area contributed by atoms with Gasteiger partial charge in [-0.1, -0.05) is 23.7 Å². The van der Waals surface area contributed by atoms with E-state index >= 15 is 0 Å². The predicted molar refractivity (Wildman–Crippen MR) is 88.1 cm³/mol. The summed E-state index contributed by atoms with van der Waals surface area (Å²) in [5, 5.41) is 5.48. The lowest BCUT2D eigenvalue weighted by Crippen LogP contribution is -2.17. The fraction of sp³-hybridized carbons (Fsp3) is 0.125. The number of nitrogens with one attached hydrogen (secondary N) is 2. The summed E-state index contributed by atoms with van der Waals surface area (Å²) in [5.74, 6) is -1.49. The minimum atomic E-state index is -0.615. The van der Waals surface area contributed by atoms with E-state index in [2.05, 4.69) is 10.6 Å². The third-order valence-corrected chi connectivity index (χ3v) is 3.32. The summed E-state index contributed by atoms with van der Waals surface area (Å²) in [4.78, 5) is 23.6. The SMILES string of the molecule is NCCC(=O)Nc1cc(NC(=O)c2ccccc2F)ccc1Cl. The van der Waals surface area contributed by atoms with Gasteiger partial charge in [-0.2, -0.15) is 0 Å². The number of carbonyl (C=O) groups excluding carboxylic acids is 2. The fourth-order valence-corrected chi connectivity index (χ4v) is 2.05. The van der Waals surface area contributed by atoms with E-state index in [1.807, 2.05) is 0 Å². The molecule has 0 aliphatic rings. The van der Waals surface area contributed by atoms with Crippen molar-refractivity contribution in [3.63, 3.8) is 0 Å². The minimum absolute atomic E-state index is 0.0730. The summed E-state index contributed by atoms with van der Waals surface area (Å²) in [5.41, 5.74) is 5.96. The Kier molecular flexibility index (Phi) is 5.67. The second-order valence-electron chi connectivity index (χ2n) is 4.72. The van der Waals surface area contributed by atoms with Crippen molar-refractivity contribution in [1.82, 2.24) is 0 Å². The fourth-order valence-electron chi connectivity index (χ4n) is 1.89. The smallest absolute Gasteiger partial charge is 0.258 e. The number of halogens is 2. The molecule has 0 aromatic heterocycles. The Bertz CT molecular complexity index is 737. The molecule has 0 aliphatic carbocycles. The summed E-state index contributed by atoms with van der Waals surface area (Å²) >= 11 is 6.00. The average molecular weight is 336 g/mol. The van der Waals surface area contributed by atoms with E-state index in [4.69, 9.17) is 17.3 Å². The van der Waals surface area contributed by atoms with E-state index in [0.717, 1.165) is 0 Å². The van der Waals surface area contributed by atoms with Crippen LogP contribution < -0.4 is 16.4 Å². The van der Waals surface area contributed by atoms with Gasteiger partial charge < -0.3 is 16.4 Å². The molecule has 2 aromatic carbocycles. The maximum atomic E-state index is 13.6. The van der Waals surface area contributed by atoms with Gasteiger partial charge in [0.25, 0.3) is 5.91 Å². The van der Waals surface area contributed by atoms with Crippen LogP contribution in [0.3, 0.4) is 0 Å². The number of benzene rings is 2. The standard InChI is InChI=1S/C16H15ClFN3O2/c17-12-6-5-10(9-14(12)21-15(22)7-8-19)20-16(23)11-3-1-2-4-13(11)18/h1-6,9H,7-8,19H2,(H,20,23)(H,21,22). The van der Waals surface area contributed by atoms with Crippen molar-refractivity contribution in [2.24, 2.45) is 5.73 Å². The van der Waals surface area contributed by atoms with Crippen LogP contribution in [0.1, 0.15) is 16.8 Å². The molecule has 5 nitrogen and oxygen atoms in total. The third-order valence-electron chi connectivity index (χ3n) is 2.99. The lowest BCUT2D eigenvalue weighted by atomic mass is 10.2. The minimum Gasteiger partial charge on any atom is -0.330 e. The zero-order valence-corrected chi connectivity index (χ0v) is 12.9. The highest BCUT2D eigenvalue weighted by atomic mass is 35.5. The van der Waals surface area contributed by atoms with E-state index in [1.54, 1.807) is 12.1 Å². The molecular formula is C16H15ClFN3O2. The Hall–Kier alpha value is -2.44. The van der Waals surface area contributed by atoms with Crippen molar-refractivity contribution in [3.8, 4) is 0 Å². The van der Waals surface area contributed by atoms with Crippen molar-refractivity contribution >= 4 is 34.8 Å². The highest BCUT2D eigenvalue weighted by Crippen LogP contribution is 2.26. The van der Waals surface area contributed by atoms with Gasteiger partial charge in [0, 0.05) is 18.7 Å². The largest absolute Gasteiger partial charge is 0.330 e. The zero-order valence-electron chi connectivity index (χ0n) is 12.1. The van der Waals surface area contributed by atoms with Crippen LogP contribution in [-0.4, -0.2) is 18.4 Å². The quantitative estimate of drug-likeness (QED) is 0.785. The van der Waals surface area contributed by atoms with E-state index in [9.17, 15) is 14.0 Å². The Morgan fingerprint density at radius 3 is 2.57 bits per heavy atom. The number of rotatable bonds is 5. The lowest BCUT2D eigenvalue weighted by molar-refractivity contribution is -0.116. The molecule has 0 aliphatic heterocycles. The Morgan fingerprint density at radius 1 is 1.13 bits per heavy atom. The molecule has 0 unspecified atom stereocenters. The number of nitrogens with two attached hydrogens (primary N) is 1. The van der Waals surface area contributed by atoms with Crippen LogP contribution in [0, 0.1) is 5.82 Å². The first-order chi connectivity index (χ1) is 11.0. The van der Waals surface area contributed by atoms with Gasteiger partial charge in [0.05, 0.1) is 16.3 Å². The number of carbonyl (C=O) groups is 2. The van der Waals surface area contributed by atoms with E-state index < -0.39 is 11.7 Å². The van der Waals surface area contributed by atoms with Crippen LogP contribution in [0.25, 0.3) is 0 Å². The van der Waals surface area contributed by atoms with E-state index in [1.165, 1.54) is 30.3 Å². The summed E-state index contributed by atoms with van der Waals surface area (Å²) in [6, 6.07) is 10.2. The molecule has 0 bridgehead atoms. The van der Waals surface area contributed by atoms with Crippen molar-refractivity contribution in [3.05, 3.63) is 58.9 Å². The monoisotopic (exact) mass is 335 g/mol. The van der Waals surface area contributed by atoms with Crippen LogP contribution >= 0.6 is 11.6 Å². The molecule has 7 heteroatoms. The molecule has 0 fully saturated rings. The van der Waals surface area contributed by atoms with Gasteiger partial charge in [-0.3, -0.25) is 9.59 Å². The molecule has 2 aromatic rings. The number of hydrogen-bond donors (Lipinski definition) is 3. The molecule has 0 spiro atoms. The van der Waals surface area contributed by atoms with Gasteiger partial charge in [0.1, 0.15) is 5.82 Å². The Balaban J connectivity index is 2.16. The van der Waals surface area contributed by atoms with Crippen LogP contribution in [0.5, 0.6) is 0 Å². The van der Waals surface area contributed by atoms with E-state index in [0.29, 0.717) is 16.4 Å². The van der Waals surface area contributed by atoms with Gasteiger partial charge in [-0.05, 0) is 30.3 Å². The second-order valence-corrected chi connectivity index (χ2v) is 5.12. The molecule has 2 amide bonds. The first-order valence-electron chi connectivity index (χ1n) is 6.86. The van der Waals surface area contributed by atoms with Crippen LogP contribution in [0.4, 0.5) is 15.8 Å². The maximum Gasteiger partial charge on any atom is 0.258 e. The van der Waals surface area contributed by atoms with Gasteiger partial charge in [-0.25, -0.2) is 4.39 Å². The topological polar surface area (TPSA) is 84.2 Å². The van der Waals surface area contributed by atoms with Crippen molar-refractivity contribution < 1.29 is 14.0 Å². The lowest BCUT2D eigenvalue weighted by Gasteiger charge is -2.11. The highest BCUT2D eigenvalue weighted by molar-refractivity contribution is 6.33. The van der Waals surface area contributed by atoms with Gasteiger partial charge in [-0.15, -0.1) is 0 Å². The Labute approximate surface area is 137 Å². The van der Waals surface area contributed by atoms with Crippen LogP contribution in [0.15, 0.2) is 42.5 Å². The van der Waals surface area contributed by atoms with Gasteiger partial charge in [0.2, 0.25) is 5.91 Å². The molecule has 2 rings (SSSR count). The third kappa shape index (κ3) is 4.51. The highest BCUT2D eigenvalue weighted by Gasteiger charge is 2.12. The molecule has 0 atom stereocenters. The first-order valence-corrected chi connectivity index (χ1v) is 7.24. The summed E-state index contributed by atoms with van der Waals surface area (Å²) < 4.78 is 13.6. The molecule has 0 saturated heterocycles. The number of hydrogen-bond acceptors (Lipinski definition) is 3.